The number of nitrogens with zero attached hydrogens (tertiary/aromatic N) is 2. The highest BCUT2D eigenvalue weighted by Crippen LogP contribution is 2.37. The molecule has 0 atom stereocenters. The van der Waals surface area contributed by atoms with Gasteiger partial charge in [-0.1, -0.05) is 32.1 Å². The topological polar surface area (TPSA) is 45.6 Å². The van der Waals surface area contributed by atoms with Crippen LogP contribution in [0.15, 0.2) is 0 Å². The lowest BCUT2D eigenvalue weighted by molar-refractivity contribution is 0.0643. The number of aliphatic hydroxyl groups excluding tert-OH is 1. The van der Waals surface area contributed by atoms with Gasteiger partial charge in [0.25, 0.3) is 0 Å². The first-order valence-electron chi connectivity index (χ1n) is 6.72. The Morgan fingerprint density at radius 3 is 2.58 bits per heavy atom. The first kappa shape index (κ1) is 14.8. The molecule has 2 rings (SSSR count). The van der Waals surface area contributed by atoms with E-state index in [0.717, 1.165) is 28.9 Å². The molecule has 1 saturated heterocycles. The van der Waals surface area contributed by atoms with Crippen molar-refractivity contribution in [2.75, 3.05) is 24.7 Å². The van der Waals surface area contributed by atoms with Gasteiger partial charge in [-0.15, -0.1) is 0 Å². The summed E-state index contributed by atoms with van der Waals surface area (Å²) in [6, 6.07) is 0. The molecule has 19 heavy (non-hydrogen) atoms. The molecule has 1 aromatic heterocycles. The van der Waals surface area contributed by atoms with E-state index in [0.29, 0.717) is 6.61 Å². The molecule has 0 radical (unpaired) electrons. The third-order valence-electron chi connectivity index (χ3n) is 3.42. The normalized spacial score (nSPS) is 19.8. The summed E-state index contributed by atoms with van der Waals surface area (Å²) in [4.78, 5) is 8.08. The summed E-state index contributed by atoms with van der Waals surface area (Å²) in [7, 11) is 0. The van der Waals surface area contributed by atoms with Crippen LogP contribution in [0.5, 0.6) is 0 Å². The molecule has 0 unspecified atom stereocenters. The van der Waals surface area contributed by atoms with E-state index in [1.807, 2.05) is 0 Å². The van der Waals surface area contributed by atoms with E-state index >= 15 is 0 Å². The molecule has 1 aliphatic heterocycles. The Morgan fingerprint density at radius 1 is 1.42 bits per heavy atom. The van der Waals surface area contributed by atoms with Crippen molar-refractivity contribution in [3.63, 3.8) is 0 Å². The molecule has 1 aliphatic rings. The minimum atomic E-state index is -0.0437. The lowest BCUT2D eigenvalue weighted by atomic mass is 9.91. The fourth-order valence-corrected chi connectivity index (χ4v) is 3.68. The molecule has 108 valence electrons. The number of anilines is 1. The number of ether oxygens (including phenoxy) is 1. The van der Waals surface area contributed by atoms with E-state index in [2.05, 4.69) is 39.5 Å². The molecule has 0 amide bonds. The highest BCUT2D eigenvalue weighted by Gasteiger charge is 2.34. The molecule has 2 heterocycles. The third kappa shape index (κ3) is 2.93. The second-order valence-electron chi connectivity index (χ2n) is 6.69. The molecule has 0 saturated carbocycles. The molecule has 1 aromatic rings. The summed E-state index contributed by atoms with van der Waals surface area (Å²) in [6.07, 6.45) is 0. The van der Waals surface area contributed by atoms with Gasteiger partial charge in [-0.3, -0.25) is 0 Å². The summed E-state index contributed by atoms with van der Waals surface area (Å²) in [5.41, 5.74) is 0.929. The second kappa shape index (κ2) is 5.04. The van der Waals surface area contributed by atoms with Crippen molar-refractivity contribution in [2.24, 2.45) is 0 Å². The van der Waals surface area contributed by atoms with Gasteiger partial charge in [0.1, 0.15) is 0 Å². The number of hydrogen-bond acceptors (Lipinski definition) is 5. The summed E-state index contributed by atoms with van der Waals surface area (Å²) in [6.45, 7) is 13.1. The van der Waals surface area contributed by atoms with Gasteiger partial charge < -0.3 is 14.7 Å². The molecule has 4 nitrogen and oxygen atoms in total. The van der Waals surface area contributed by atoms with Gasteiger partial charge in [0, 0.05) is 12.0 Å². The Balaban J connectivity index is 2.38. The number of hydrogen-bond donors (Lipinski definition) is 1. The Hall–Kier alpha value is -0.650. The van der Waals surface area contributed by atoms with Crippen LogP contribution < -0.4 is 4.90 Å². The van der Waals surface area contributed by atoms with E-state index in [-0.39, 0.29) is 17.6 Å². The summed E-state index contributed by atoms with van der Waals surface area (Å²) in [5, 5.41) is 10.6. The number of rotatable bonds is 2. The molecule has 1 fully saturated rings. The smallest absolute Gasteiger partial charge is 0.186 e. The maximum Gasteiger partial charge on any atom is 0.186 e. The SMILES string of the molecule is CC(C)(C)c1nc(N2CCOCC2(C)C)sc1CO. The lowest BCUT2D eigenvalue weighted by Gasteiger charge is -2.42. The van der Waals surface area contributed by atoms with Crippen molar-refractivity contribution in [3.8, 4) is 0 Å². The van der Waals surface area contributed by atoms with Crippen LogP contribution in [0.1, 0.15) is 45.2 Å². The van der Waals surface area contributed by atoms with Gasteiger partial charge >= 0.3 is 0 Å². The van der Waals surface area contributed by atoms with Crippen molar-refractivity contribution in [2.45, 2.75) is 52.2 Å². The van der Waals surface area contributed by atoms with E-state index in [9.17, 15) is 5.11 Å². The number of thiazole rings is 1. The van der Waals surface area contributed by atoms with Crippen LogP contribution >= 0.6 is 11.3 Å². The van der Waals surface area contributed by atoms with Crippen molar-refractivity contribution in [1.82, 2.24) is 4.98 Å². The minimum absolute atomic E-state index is 0.0384. The van der Waals surface area contributed by atoms with Crippen LogP contribution in [0.25, 0.3) is 0 Å². The lowest BCUT2D eigenvalue weighted by Crippen LogP contribution is -2.53. The highest BCUT2D eigenvalue weighted by molar-refractivity contribution is 7.15. The van der Waals surface area contributed by atoms with Gasteiger partial charge in [-0.25, -0.2) is 4.98 Å². The van der Waals surface area contributed by atoms with E-state index < -0.39 is 0 Å². The van der Waals surface area contributed by atoms with Gasteiger partial charge in [0.2, 0.25) is 0 Å². The first-order chi connectivity index (χ1) is 8.75. The van der Waals surface area contributed by atoms with Crippen molar-refractivity contribution < 1.29 is 9.84 Å². The predicted molar refractivity (Wildman–Crippen MR) is 79.0 cm³/mol. The molecular formula is C14H24N2O2S. The van der Waals surface area contributed by atoms with Crippen LogP contribution in [-0.2, 0) is 16.8 Å². The Labute approximate surface area is 119 Å². The molecule has 5 heteroatoms. The van der Waals surface area contributed by atoms with E-state index in [1.54, 1.807) is 11.3 Å². The van der Waals surface area contributed by atoms with Crippen molar-refractivity contribution in [1.29, 1.82) is 0 Å². The fourth-order valence-electron chi connectivity index (χ4n) is 2.36. The zero-order valence-electron chi connectivity index (χ0n) is 12.5. The number of aliphatic hydroxyl groups is 1. The summed E-state index contributed by atoms with van der Waals surface area (Å²) < 4.78 is 5.55. The monoisotopic (exact) mass is 284 g/mol. The van der Waals surface area contributed by atoms with Crippen LogP contribution in [0, 0.1) is 0 Å². The zero-order valence-corrected chi connectivity index (χ0v) is 13.3. The maximum atomic E-state index is 9.55. The molecule has 0 bridgehead atoms. The minimum Gasteiger partial charge on any atom is -0.391 e. The van der Waals surface area contributed by atoms with Crippen LogP contribution in [0.4, 0.5) is 5.13 Å². The van der Waals surface area contributed by atoms with Crippen LogP contribution in [0.2, 0.25) is 0 Å². The first-order valence-corrected chi connectivity index (χ1v) is 7.54. The van der Waals surface area contributed by atoms with Gasteiger partial charge in [-0.2, -0.15) is 0 Å². The molecule has 0 aromatic carbocycles. The Morgan fingerprint density at radius 2 is 2.11 bits per heavy atom. The fraction of sp³-hybridized carbons (Fsp3) is 0.786. The molecule has 1 N–H and O–H groups in total. The predicted octanol–water partition coefficient (Wildman–Crippen LogP) is 2.55. The zero-order chi connectivity index (χ0) is 14.3. The van der Waals surface area contributed by atoms with E-state index in [1.165, 1.54) is 0 Å². The van der Waals surface area contributed by atoms with Gasteiger partial charge in [-0.05, 0) is 13.8 Å². The summed E-state index contributed by atoms with van der Waals surface area (Å²) in [5.74, 6) is 0. The molecule has 0 spiro atoms. The third-order valence-corrected chi connectivity index (χ3v) is 4.48. The maximum absolute atomic E-state index is 9.55. The van der Waals surface area contributed by atoms with Crippen molar-refractivity contribution >= 4 is 16.5 Å². The van der Waals surface area contributed by atoms with Crippen molar-refractivity contribution in [3.05, 3.63) is 10.6 Å². The average molecular weight is 284 g/mol. The van der Waals surface area contributed by atoms with E-state index in [4.69, 9.17) is 9.72 Å². The largest absolute Gasteiger partial charge is 0.391 e. The van der Waals surface area contributed by atoms with Crippen LogP contribution in [-0.4, -0.2) is 35.4 Å². The Kier molecular flexibility index (Phi) is 3.91. The van der Waals surface area contributed by atoms with Crippen LogP contribution in [0.3, 0.4) is 0 Å². The molecule has 0 aliphatic carbocycles. The second-order valence-corrected chi connectivity index (χ2v) is 7.76. The number of morpholine rings is 1. The average Bonchev–Trinajstić information content (AvgIpc) is 2.71. The quantitative estimate of drug-likeness (QED) is 0.906. The van der Waals surface area contributed by atoms with Gasteiger partial charge in [0.05, 0.1) is 35.9 Å². The highest BCUT2D eigenvalue weighted by atomic mass is 32.1. The Bertz CT molecular complexity index is 449. The summed E-state index contributed by atoms with van der Waals surface area (Å²) >= 11 is 1.60. The van der Waals surface area contributed by atoms with Gasteiger partial charge in [0.15, 0.2) is 5.13 Å². The standard InChI is InChI=1S/C14H24N2O2S/c1-13(2,3)11-10(8-17)19-12(15-11)16-6-7-18-9-14(16,4)5/h17H,6-9H2,1-5H3. The molecular weight excluding hydrogens is 260 g/mol. The number of aromatic nitrogens is 1.